The second kappa shape index (κ2) is 8.58. The fraction of sp³-hybridized carbons (Fsp3) is 0.467. The highest BCUT2D eigenvalue weighted by Gasteiger charge is 2.13. The smallest absolute Gasteiger partial charge is 0.0410 e. The fourth-order valence-electron chi connectivity index (χ4n) is 1.88. The third-order valence-electron chi connectivity index (χ3n) is 2.79. The van der Waals surface area contributed by atoms with Crippen LogP contribution in [0.4, 0.5) is 0 Å². The lowest BCUT2D eigenvalue weighted by Gasteiger charge is -2.20. The molecule has 0 aliphatic heterocycles. The van der Waals surface area contributed by atoms with Gasteiger partial charge in [-0.25, -0.2) is 0 Å². The molecule has 0 amide bonds. The van der Waals surface area contributed by atoms with Crippen LogP contribution in [0.15, 0.2) is 22.7 Å². The molecule has 1 nitrogen and oxygen atoms in total. The lowest BCUT2D eigenvalue weighted by molar-refractivity contribution is 0.486. The Hall–Kier alpha value is -0.490. The summed E-state index contributed by atoms with van der Waals surface area (Å²) in [7, 11) is 0. The summed E-state index contributed by atoms with van der Waals surface area (Å²) in [4.78, 5) is 0. The molecule has 0 fully saturated rings. The average Bonchev–Trinajstić information content (AvgIpc) is 2.37. The van der Waals surface area contributed by atoms with Crippen molar-refractivity contribution in [2.24, 2.45) is 0 Å². The summed E-state index contributed by atoms with van der Waals surface area (Å²) in [6.07, 6.45) is 9.30. The van der Waals surface area contributed by atoms with Crippen molar-refractivity contribution >= 4 is 27.5 Å². The number of hydrogen-bond acceptors (Lipinski definition) is 1. The van der Waals surface area contributed by atoms with E-state index in [9.17, 15) is 0 Å². The first-order valence-electron chi connectivity index (χ1n) is 6.30. The van der Waals surface area contributed by atoms with Crippen LogP contribution in [0.3, 0.4) is 0 Å². The SMILES string of the molecule is C#CCCCC(NCCC)c1cc(Cl)ccc1Br. The van der Waals surface area contributed by atoms with Gasteiger partial charge in [0.15, 0.2) is 0 Å². The highest BCUT2D eigenvalue weighted by Crippen LogP contribution is 2.29. The van der Waals surface area contributed by atoms with Crippen LogP contribution in [0.25, 0.3) is 0 Å². The van der Waals surface area contributed by atoms with Crippen LogP contribution < -0.4 is 5.32 Å². The van der Waals surface area contributed by atoms with Gasteiger partial charge in [-0.1, -0.05) is 34.5 Å². The molecule has 98 valence electrons. The molecule has 0 radical (unpaired) electrons. The zero-order valence-corrected chi connectivity index (χ0v) is 13.0. The maximum Gasteiger partial charge on any atom is 0.0410 e. The molecule has 0 bridgehead atoms. The molecular formula is C15H19BrClN. The third-order valence-corrected chi connectivity index (χ3v) is 3.75. The molecule has 1 unspecified atom stereocenters. The molecule has 0 heterocycles. The topological polar surface area (TPSA) is 12.0 Å². The summed E-state index contributed by atoms with van der Waals surface area (Å²) < 4.78 is 1.10. The molecule has 1 aromatic carbocycles. The van der Waals surface area contributed by atoms with Crippen LogP contribution >= 0.6 is 27.5 Å². The minimum Gasteiger partial charge on any atom is -0.310 e. The number of rotatable bonds is 7. The van der Waals surface area contributed by atoms with Crippen molar-refractivity contribution in [1.82, 2.24) is 5.32 Å². The van der Waals surface area contributed by atoms with Crippen molar-refractivity contribution in [2.75, 3.05) is 6.54 Å². The number of halogens is 2. The van der Waals surface area contributed by atoms with E-state index in [1.165, 1.54) is 5.56 Å². The zero-order chi connectivity index (χ0) is 13.4. The van der Waals surface area contributed by atoms with Gasteiger partial charge < -0.3 is 5.32 Å². The summed E-state index contributed by atoms with van der Waals surface area (Å²) in [6.45, 7) is 3.16. The van der Waals surface area contributed by atoms with Gasteiger partial charge in [-0.2, -0.15) is 0 Å². The van der Waals surface area contributed by atoms with E-state index in [1.807, 2.05) is 18.2 Å². The Labute approximate surface area is 123 Å². The van der Waals surface area contributed by atoms with Crippen LogP contribution in [0, 0.1) is 12.3 Å². The van der Waals surface area contributed by atoms with Crippen molar-refractivity contribution in [3.63, 3.8) is 0 Å². The lowest BCUT2D eigenvalue weighted by atomic mass is 10.0. The minimum absolute atomic E-state index is 0.311. The van der Waals surface area contributed by atoms with Gasteiger partial charge in [0.2, 0.25) is 0 Å². The molecule has 0 aromatic heterocycles. The molecule has 3 heteroatoms. The molecule has 1 aromatic rings. The Balaban J connectivity index is 2.79. The highest BCUT2D eigenvalue weighted by molar-refractivity contribution is 9.10. The first kappa shape index (κ1) is 15.6. The summed E-state index contributed by atoms with van der Waals surface area (Å²) in [5.41, 5.74) is 1.22. The molecular weight excluding hydrogens is 310 g/mol. The van der Waals surface area contributed by atoms with Crippen LogP contribution in [0.5, 0.6) is 0 Å². The molecule has 1 rings (SSSR count). The van der Waals surface area contributed by atoms with E-state index in [4.69, 9.17) is 18.0 Å². The van der Waals surface area contributed by atoms with E-state index < -0.39 is 0 Å². The number of unbranched alkanes of at least 4 members (excludes halogenated alkanes) is 1. The largest absolute Gasteiger partial charge is 0.310 e. The van der Waals surface area contributed by atoms with Crippen LogP contribution in [0.2, 0.25) is 5.02 Å². The fourth-order valence-corrected chi connectivity index (χ4v) is 2.58. The molecule has 18 heavy (non-hydrogen) atoms. The molecule has 0 saturated heterocycles. The summed E-state index contributed by atoms with van der Waals surface area (Å²) >= 11 is 9.67. The normalized spacial score (nSPS) is 12.1. The van der Waals surface area contributed by atoms with Gasteiger partial charge in [0.25, 0.3) is 0 Å². The monoisotopic (exact) mass is 327 g/mol. The highest BCUT2D eigenvalue weighted by atomic mass is 79.9. The van der Waals surface area contributed by atoms with E-state index in [-0.39, 0.29) is 0 Å². The van der Waals surface area contributed by atoms with Gasteiger partial charge in [-0.05, 0) is 49.6 Å². The quantitative estimate of drug-likeness (QED) is 0.552. The maximum atomic E-state index is 6.08. The number of nitrogens with one attached hydrogen (secondary N) is 1. The summed E-state index contributed by atoms with van der Waals surface area (Å²) in [5, 5.41) is 4.33. The van der Waals surface area contributed by atoms with E-state index in [2.05, 4.69) is 34.1 Å². The molecule has 0 aliphatic rings. The number of terminal acetylenes is 1. The third kappa shape index (κ3) is 5.02. The predicted molar refractivity (Wildman–Crippen MR) is 82.9 cm³/mol. The lowest BCUT2D eigenvalue weighted by Crippen LogP contribution is -2.22. The van der Waals surface area contributed by atoms with Gasteiger partial charge in [0.1, 0.15) is 0 Å². The first-order chi connectivity index (χ1) is 8.69. The summed E-state index contributed by atoms with van der Waals surface area (Å²) in [5.74, 6) is 2.69. The Kier molecular flexibility index (Phi) is 7.42. The van der Waals surface area contributed by atoms with E-state index in [0.29, 0.717) is 6.04 Å². The summed E-state index contributed by atoms with van der Waals surface area (Å²) in [6, 6.07) is 6.23. The molecule has 0 aliphatic carbocycles. The standard InChI is InChI=1S/C15H19BrClN/c1-3-5-6-7-15(18-10-4-2)13-11-12(17)8-9-14(13)16/h1,8-9,11,15,18H,4-7,10H2,2H3. The minimum atomic E-state index is 0.311. The van der Waals surface area contributed by atoms with Crippen molar-refractivity contribution in [3.8, 4) is 12.3 Å². The van der Waals surface area contributed by atoms with Gasteiger partial charge in [-0.3, -0.25) is 0 Å². The van der Waals surface area contributed by atoms with Gasteiger partial charge >= 0.3 is 0 Å². The van der Waals surface area contributed by atoms with Crippen molar-refractivity contribution in [1.29, 1.82) is 0 Å². The Bertz CT molecular complexity index is 411. The number of hydrogen-bond donors (Lipinski definition) is 1. The Morgan fingerprint density at radius 3 is 2.94 bits per heavy atom. The zero-order valence-electron chi connectivity index (χ0n) is 10.7. The van der Waals surface area contributed by atoms with E-state index >= 15 is 0 Å². The second-order valence-corrected chi connectivity index (χ2v) is 5.56. The number of benzene rings is 1. The van der Waals surface area contributed by atoms with Crippen molar-refractivity contribution < 1.29 is 0 Å². The molecule has 1 N–H and O–H groups in total. The molecule has 1 atom stereocenters. The van der Waals surface area contributed by atoms with E-state index in [0.717, 1.165) is 41.7 Å². The molecule has 0 saturated carbocycles. The maximum absolute atomic E-state index is 6.08. The Morgan fingerprint density at radius 1 is 1.50 bits per heavy atom. The van der Waals surface area contributed by atoms with Crippen LogP contribution in [-0.2, 0) is 0 Å². The molecule has 0 spiro atoms. The first-order valence-corrected chi connectivity index (χ1v) is 7.48. The van der Waals surface area contributed by atoms with Gasteiger partial charge in [0, 0.05) is 22.0 Å². The second-order valence-electron chi connectivity index (χ2n) is 4.27. The van der Waals surface area contributed by atoms with E-state index in [1.54, 1.807) is 0 Å². The van der Waals surface area contributed by atoms with Gasteiger partial charge in [-0.15, -0.1) is 12.3 Å². The van der Waals surface area contributed by atoms with Gasteiger partial charge in [0.05, 0.1) is 0 Å². The Morgan fingerprint density at radius 2 is 2.28 bits per heavy atom. The van der Waals surface area contributed by atoms with Crippen LogP contribution in [-0.4, -0.2) is 6.54 Å². The van der Waals surface area contributed by atoms with Crippen molar-refractivity contribution in [2.45, 2.75) is 38.6 Å². The van der Waals surface area contributed by atoms with Crippen molar-refractivity contribution in [3.05, 3.63) is 33.3 Å². The predicted octanol–water partition coefficient (Wildman–Crippen LogP) is 4.95. The average molecular weight is 329 g/mol. The van der Waals surface area contributed by atoms with Crippen LogP contribution in [0.1, 0.15) is 44.2 Å².